The minimum atomic E-state index is 0.678. The SMILES string of the molecule is CCC(C)C1CN(CCCCOCCOC)CCN1. The molecule has 1 N–H and O–H groups in total. The summed E-state index contributed by atoms with van der Waals surface area (Å²) in [5.41, 5.74) is 0. The van der Waals surface area contributed by atoms with Crippen molar-refractivity contribution in [3.05, 3.63) is 0 Å². The van der Waals surface area contributed by atoms with Crippen LogP contribution in [0.3, 0.4) is 0 Å². The van der Waals surface area contributed by atoms with Crippen LogP contribution in [0.15, 0.2) is 0 Å². The average molecular weight is 272 g/mol. The molecular weight excluding hydrogens is 240 g/mol. The highest BCUT2D eigenvalue weighted by atomic mass is 16.5. The molecule has 1 heterocycles. The topological polar surface area (TPSA) is 33.7 Å². The molecule has 0 radical (unpaired) electrons. The van der Waals surface area contributed by atoms with Gasteiger partial charge in [0.15, 0.2) is 0 Å². The summed E-state index contributed by atoms with van der Waals surface area (Å²) < 4.78 is 10.4. The number of nitrogens with one attached hydrogen (secondary N) is 1. The van der Waals surface area contributed by atoms with Gasteiger partial charge in [-0.2, -0.15) is 0 Å². The molecule has 0 saturated carbocycles. The van der Waals surface area contributed by atoms with Crippen molar-refractivity contribution < 1.29 is 9.47 Å². The Morgan fingerprint density at radius 2 is 2.11 bits per heavy atom. The summed E-state index contributed by atoms with van der Waals surface area (Å²) in [4.78, 5) is 2.60. The highest BCUT2D eigenvalue weighted by Crippen LogP contribution is 2.12. The molecule has 0 aliphatic carbocycles. The molecule has 1 aliphatic heterocycles. The van der Waals surface area contributed by atoms with Crippen LogP contribution in [0.4, 0.5) is 0 Å². The second kappa shape index (κ2) is 10.6. The molecule has 4 heteroatoms. The van der Waals surface area contributed by atoms with Crippen molar-refractivity contribution in [2.75, 3.05) is 53.1 Å². The van der Waals surface area contributed by atoms with E-state index in [0.717, 1.165) is 32.1 Å². The standard InChI is InChI=1S/C15H32N2O2/c1-4-14(2)15-13-17(9-7-16-15)8-5-6-10-19-12-11-18-3/h14-16H,4-13H2,1-3H3. The first-order valence-corrected chi connectivity index (χ1v) is 7.80. The van der Waals surface area contributed by atoms with Gasteiger partial charge in [-0.05, 0) is 25.3 Å². The fourth-order valence-electron chi connectivity index (χ4n) is 2.49. The number of ether oxygens (including phenoxy) is 2. The van der Waals surface area contributed by atoms with Gasteiger partial charge in [0, 0.05) is 39.4 Å². The van der Waals surface area contributed by atoms with Crippen LogP contribution >= 0.6 is 0 Å². The van der Waals surface area contributed by atoms with E-state index < -0.39 is 0 Å². The Balaban J connectivity index is 2.02. The molecule has 0 amide bonds. The van der Waals surface area contributed by atoms with E-state index in [1.54, 1.807) is 7.11 Å². The van der Waals surface area contributed by atoms with Crippen LogP contribution < -0.4 is 5.32 Å². The van der Waals surface area contributed by atoms with Crippen LogP contribution in [-0.4, -0.2) is 64.1 Å². The van der Waals surface area contributed by atoms with Crippen LogP contribution in [0, 0.1) is 5.92 Å². The van der Waals surface area contributed by atoms with E-state index in [1.807, 2.05) is 0 Å². The monoisotopic (exact) mass is 272 g/mol. The number of methoxy groups -OCH3 is 1. The van der Waals surface area contributed by atoms with Gasteiger partial charge in [0.25, 0.3) is 0 Å². The first kappa shape index (κ1) is 16.9. The van der Waals surface area contributed by atoms with Gasteiger partial charge in [-0.25, -0.2) is 0 Å². The maximum Gasteiger partial charge on any atom is 0.0700 e. The predicted molar refractivity (Wildman–Crippen MR) is 79.6 cm³/mol. The van der Waals surface area contributed by atoms with E-state index in [0.29, 0.717) is 12.6 Å². The summed E-state index contributed by atoms with van der Waals surface area (Å²) in [5.74, 6) is 0.778. The summed E-state index contributed by atoms with van der Waals surface area (Å²) in [6, 6.07) is 0.678. The van der Waals surface area contributed by atoms with E-state index in [4.69, 9.17) is 9.47 Å². The number of hydrogen-bond donors (Lipinski definition) is 1. The van der Waals surface area contributed by atoms with Crippen molar-refractivity contribution in [3.8, 4) is 0 Å². The minimum Gasteiger partial charge on any atom is -0.382 e. The normalized spacial score (nSPS) is 22.6. The first-order chi connectivity index (χ1) is 9.27. The van der Waals surface area contributed by atoms with Crippen LogP contribution in [0.25, 0.3) is 0 Å². The molecule has 0 aromatic heterocycles. The van der Waals surface area contributed by atoms with E-state index in [9.17, 15) is 0 Å². The van der Waals surface area contributed by atoms with Crippen LogP contribution in [0.1, 0.15) is 33.1 Å². The van der Waals surface area contributed by atoms with Gasteiger partial charge in [0.1, 0.15) is 0 Å². The van der Waals surface area contributed by atoms with Crippen LogP contribution in [0.5, 0.6) is 0 Å². The van der Waals surface area contributed by atoms with Gasteiger partial charge in [0.2, 0.25) is 0 Å². The summed E-state index contributed by atoms with van der Waals surface area (Å²) in [6.07, 6.45) is 3.65. The highest BCUT2D eigenvalue weighted by Gasteiger charge is 2.22. The van der Waals surface area contributed by atoms with E-state index in [1.165, 1.54) is 32.5 Å². The Labute approximate surface area is 118 Å². The van der Waals surface area contributed by atoms with Gasteiger partial charge in [-0.15, -0.1) is 0 Å². The molecule has 0 aromatic rings. The quantitative estimate of drug-likeness (QED) is 0.614. The molecule has 1 aliphatic rings. The smallest absolute Gasteiger partial charge is 0.0700 e. The molecule has 2 atom stereocenters. The maximum atomic E-state index is 5.48. The lowest BCUT2D eigenvalue weighted by Crippen LogP contribution is -2.53. The van der Waals surface area contributed by atoms with Gasteiger partial charge < -0.3 is 19.7 Å². The van der Waals surface area contributed by atoms with Gasteiger partial charge in [0.05, 0.1) is 13.2 Å². The average Bonchev–Trinajstić information content (AvgIpc) is 2.46. The minimum absolute atomic E-state index is 0.678. The number of nitrogens with zero attached hydrogens (tertiary/aromatic N) is 1. The van der Waals surface area contributed by atoms with Crippen molar-refractivity contribution in [1.82, 2.24) is 10.2 Å². The molecular formula is C15H32N2O2. The Kier molecular flexibility index (Phi) is 9.43. The van der Waals surface area contributed by atoms with Crippen LogP contribution in [-0.2, 0) is 9.47 Å². The second-order valence-corrected chi connectivity index (χ2v) is 5.56. The summed E-state index contributed by atoms with van der Waals surface area (Å²) >= 11 is 0. The molecule has 1 fully saturated rings. The van der Waals surface area contributed by atoms with Gasteiger partial charge >= 0.3 is 0 Å². The fourth-order valence-corrected chi connectivity index (χ4v) is 2.49. The predicted octanol–water partition coefficient (Wildman–Crippen LogP) is 1.75. The molecule has 2 unspecified atom stereocenters. The largest absolute Gasteiger partial charge is 0.382 e. The van der Waals surface area contributed by atoms with E-state index in [-0.39, 0.29) is 0 Å². The maximum absolute atomic E-state index is 5.48. The Morgan fingerprint density at radius 1 is 1.26 bits per heavy atom. The molecule has 0 spiro atoms. The lowest BCUT2D eigenvalue weighted by molar-refractivity contribution is 0.0668. The summed E-state index contributed by atoms with van der Waals surface area (Å²) in [6.45, 7) is 11.7. The van der Waals surface area contributed by atoms with E-state index >= 15 is 0 Å². The molecule has 1 rings (SSSR count). The lowest BCUT2D eigenvalue weighted by atomic mass is 9.97. The van der Waals surface area contributed by atoms with Crippen molar-refractivity contribution in [3.63, 3.8) is 0 Å². The number of piperazine rings is 1. The Morgan fingerprint density at radius 3 is 2.84 bits per heavy atom. The zero-order chi connectivity index (χ0) is 13.9. The van der Waals surface area contributed by atoms with Crippen molar-refractivity contribution in [1.29, 1.82) is 0 Å². The molecule has 1 saturated heterocycles. The summed E-state index contributed by atoms with van der Waals surface area (Å²) in [7, 11) is 1.71. The number of rotatable bonds is 10. The van der Waals surface area contributed by atoms with Crippen molar-refractivity contribution >= 4 is 0 Å². The summed E-state index contributed by atoms with van der Waals surface area (Å²) in [5, 5.41) is 3.64. The Hall–Kier alpha value is -0.160. The third-order valence-electron chi connectivity index (χ3n) is 4.07. The van der Waals surface area contributed by atoms with E-state index in [2.05, 4.69) is 24.1 Å². The number of hydrogen-bond acceptors (Lipinski definition) is 4. The third kappa shape index (κ3) is 7.25. The van der Waals surface area contributed by atoms with Gasteiger partial charge in [-0.1, -0.05) is 20.3 Å². The first-order valence-electron chi connectivity index (χ1n) is 7.80. The van der Waals surface area contributed by atoms with Crippen molar-refractivity contribution in [2.45, 2.75) is 39.2 Å². The fraction of sp³-hybridized carbons (Fsp3) is 1.00. The van der Waals surface area contributed by atoms with Crippen LogP contribution in [0.2, 0.25) is 0 Å². The zero-order valence-corrected chi connectivity index (χ0v) is 13.0. The van der Waals surface area contributed by atoms with Gasteiger partial charge in [-0.3, -0.25) is 0 Å². The molecule has 4 nitrogen and oxygen atoms in total. The number of unbranched alkanes of at least 4 members (excludes halogenated alkanes) is 1. The highest BCUT2D eigenvalue weighted by molar-refractivity contribution is 4.81. The molecule has 19 heavy (non-hydrogen) atoms. The molecule has 0 aromatic carbocycles. The lowest BCUT2D eigenvalue weighted by Gasteiger charge is -2.36. The zero-order valence-electron chi connectivity index (χ0n) is 13.0. The molecule has 114 valence electrons. The second-order valence-electron chi connectivity index (χ2n) is 5.56. The van der Waals surface area contributed by atoms with Crippen molar-refractivity contribution in [2.24, 2.45) is 5.92 Å². The Bertz CT molecular complexity index is 214. The third-order valence-corrected chi connectivity index (χ3v) is 4.07. The molecule has 0 bridgehead atoms.